The molecule has 1 aromatic rings. The molecule has 2 rings (SSSR count). The average molecular weight is 334 g/mol. The highest BCUT2D eigenvalue weighted by molar-refractivity contribution is 7.89. The molecule has 11 heteroatoms. The number of nitrogens with two attached hydrogens (primary N) is 1. The minimum absolute atomic E-state index is 0.329. The van der Waals surface area contributed by atoms with Crippen molar-refractivity contribution in [1.82, 2.24) is 4.31 Å². The van der Waals surface area contributed by atoms with Gasteiger partial charge in [0.15, 0.2) is 0 Å². The molecule has 22 heavy (non-hydrogen) atoms. The van der Waals surface area contributed by atoms with Crippen LogP contribution in [0, 0.1) is 21.7 Å². The molecule has 0 aromatic heterocycles. The first kappa shape index (κ1) is 16.1. The van der Waals surface area contributed by atoms with E-state index in [4.69, 9.17) is 5.73 Å². The molecule has 1 heterocycles. The van der Waals surface area contributed by atoms with E-state index in [2.05, 4.69) is 4.99 Å². The Labute approximate surface area is 124 Å². The van der Waals surface area contributed by atoms with E-state index in [1.165, 1.54) is 14.0 Å². The van der Waals surface area contributed by atoms with Gasteiger partial charge in [-0.2, -0.15) is 4.39 Å². The van der Waals surface area contributed by atoms with Crippen LogP contribution in [0.1, 0.15) is 12.5 Å². The van der Waals surface area contributed by atoms with Gasteiger partial charge in [0.2, 0.25) is 21.8 Å². The van der Waals surface area contributed by atoms with Gasteiger partial charge in [-0.25, -0.2) is 22.1 Å². The summed E-state index contributed by atoms with van der Waals surface area (Å²) < 4.78 is 52.2. The van der Waals surface area contributed by atoms with E-state index in [1.54, 1.807) is 0 Å². The lowest BCUT2D eigenvalue weighted by Crippen LogP contribution is -2.50. The number of guanidine groups is 1. The van der Waals surface area contributed by atoms with Crippen LogP contribution in [0.3, 0.4) is 0 Å². The van der Waals surface area contributed by atoms with Gasteiger partial charge in [-0.05, 0) is 6.92 Å². The van der Waals surface area contributed by atoms with Crippen LogP contribution in [0.5, 0.6) is 0 Å². The summed E-state index contributed by atoms with van der Waals surface area (Å²) in [4.78, 5) is 13.7. The fourth-order valence-corrected chi connectivity index (χ4v) is 3.63. The molecule has 8 nitrogen and oxygen atoms in total. The third-order valence-electron chi connectivity index (χ3n) is 3.38. The normalized spacial score (nSPS) is 24.0. The van der Waals surface area contributed by atoms with Crippen molar-refractivity contribution in [1.29, 1.82) is 0 Å². The predicted octanol–water partition coefficient (Wildman–Crippen LogP) is 0.678. The van der Waals surface area contributed by atoms with Crippen molar-refractivity contribution in [2.45, 2.75) is 12.5 Å². The smallest absolute Gasteiger partial charge is 0.305 e. The van der Waals surface area contributed by atoms with E-state index in [-0.39, 0.29) is 5.96 Å². The third kappa shape index (κ3) is 2.47. The Morgan fingerprint density at radius 3 is 2.50 bits per heavy atom. The maximum atomic E-state index is 14.0. The van der Waals surface area contributed by atoms with Crippen LogP contribution in [0.15, 0.2) is 17.1 Å². The third-order valence-corrected chi connectivity index (χ3v) is 5.33. The van der Waals surface area contributed by atoms with Gasteiger partial charge in [0.05, 0.1) is 10.7 Å². The molecule has 2 N–H and O–H groups in total. The standard InChI is InChI=1S/C11H12F2N4O4S/c1-11(5-22(20,21)16(2)10(14)15-11)6-3-9(17(18)19)8(13)4-7(6)12/h3-4H,5H2,1-2H3,(H2,14,15)/t11-/m0/s1. The van der Waals surface area contributed by atoms with Crippen molar-refractivity contribution < 1.29 is 22.1 Å². The molecule has 0 saturated heterocycles. The highest BCUT2D eigenvalue weighted by Crippen LogP contribution is 2.36. The van der Waals surface area contributed by atoms with E-state index in [0.29, 0.717) is 12.1 Å². The molecule has 0 amide bonds. The van der Waals surface area contributed by atoms with Crippen LogP contribution in [0.4, 0.5) is 14.5 Å². The molecular formula is C11H12F2N4O4S. The zero-order valence-electron chi connectivity index (χ0n) is 11.6. The summed E-state index contributed by atoms with van der Waals surface area (Å²) in [7, 11) is -2.70. The van der Waals surface area contributed by atoms with Crippen molar-refractivity contribution in [3.05, 3.63) is 39.4 Å². The molecule has 120 valence electrons. The topological polar surface area (TPSA) is 119 Å². The molecule has 0 saturated carbocycles. The number of hydrogen-bond donors (Lipinski definition) is 1. The van der Waals surface area contributed by atoms with Gasteiger partial charge in [-0.1, -0.05) is 0 Å². The number of hydrogen-bond acceptors (Lipinski definition) is 6. The van der Waals surface area contributed by atoms with Crippen molar-refractivity contribution in [2.75, 3.05) is 12.8 Å². The van der Waals surface area contributed by atoms with Gasteiger partial charge in [0.25, 0.3) is 0 Å². The van der Waals surface area contributed by atoms with Crippen molar-refractivity contribution in [2.24, 2.45) is 10.7 Å². The maximum absolute atomic E-state index is 14.0. The molecular weight excluding hydrogens is 322 g/mol. The van der Waals surface area contributed by atoms with Crippen LogP contribution in [0.25, 0.3) is 0 Å². The van der Waals surface area contributed by atoms with E-state index in [0.717, 1.165) is 4.31 Å². The van der Waals surface area contributed by atoms with Crippen LogP contribution >= 0.6 is 0 Å². The van der Waals surface area contributed by atoms with Gasteiger partial charge in [-0.15, -0.1) is 0 Å². The van der Waals surface area contributed by atoms with Crippen LogP contribution < -0.4 is 5.73 Å². The molecule has 1 aromatic carbocycles. The minimum Gasteiger partial charge on any atom is -0.369 e. The zero-order valence-corrected chi connectivity index (χ0v) is 12.4. The molecule has 0 radical (unpaired) electrons. The van der Waals surface area contributed by atoms with Gasteiger partial charge in [0.1, 0.15) is 11.4 Å². The second kappa shape index (κ2) is 4.87. The first-order valence-corrected chi connectivity index (χ1v) is 7.55. The first-order chi connectivity index (χ1) is 9.98. The largest absolute Gasteiger partial charge is 0.369 e. The quantitative estimate of drug-likeness (QED) is 0.630. The SMILES string of the molecule is CN1C(N)=N[C@](C)(c2cc([N+](=O)[O-])c(F)cc2F)CS1(=O)=O. The Morgan fingerprint density at radius 2 is 2.00 bits per heavy atom. The first-order valence-electron chi connectivity index (χ1n) is 5.94. The highest BCUT2D eigenvalue weighted by atomic mass is 32.2. The van der Waals surface area contributed by atoms with E-state index in [1.807, 2.05) is 0 Å². The summed E-state index contributed by atoms with van der Waals surface area (Å²) in [6.45, 7) is 1.25. The molecule has 1 aliphatic rings. The summed E-state index contributed by atoms with van der Waals surface area (Å²) in [5.74, 6) is -3.54. The molecule has 0 unspecified atom stereocenters. The van der Waals surface area contributed by atoms with Gasteiger partial charge in [0, 0.05) is 24.7 Å². The average Bonchev–Trinajstić information content (AvgIpc) is 2.34. The number of aliphatic imine (C=N–C) groups is 1. The Balaban J connectivity index is 2.70. The van der Waals surface area contributed by atoms with Gasteiger partial charge >= 0.3 is 5.69 Å². The van der Waals surface area contributed by atoms with E-state index in [9.17, 15) is 27.3 Å². The predicted molar refractivity (Wildman–Crippen MR) is 73.5 cm³/mol. The number of nitro benzene ring substituents is 1. The van der Waals surface area contributed by atoms with Crippen molar-refractivity contribution in [3.63, 3.8) is 0 Å². The Morgan fingerprint density at radius 1 is 1.41 bits per heavy atom. The Hall–Kier alpha value is -2.30. The fraction of sp³-hybridized carbons (Fsp3) is 0.364. The molecule has 0 spiro atoms. The highest BCUT2D eigenvalue weighted by Gasteiger charge is 2.42. The second-order valence-corrected chi connectivity index (χ2v) is 7.01. The number of nitrogens with zero attached hydrogens (tertiary/aromatic N) is 3. The maximum Gasteiger partial charge on any atom is 0.305 e. The van der Waals surface area contributed by atoms with Crippen LogP contribution in [-0.2, 0) is 15.6 Å². The lowest BCUT2D eigenvalue weighted by atomic mass is 9.93. The second-order valence-electron chi connectivity index (χ2n) is 5.01. The summed E-state index contributed by atoms with van der Waals surface area (Å²) in [6.07, 6.45) is 0. The van der Waals surface area contributed by atoms with Crippen molar-refractivity contribution in [3.8, 4) is 0 Å². The molecule has 0 bridgehead atoms. The molecule has 0 fully saturated rings. The van der Waals surface area contributed by atoms with E-state index >= 15 is 0 Å². The monoisotopic (exact) mass is 334 g/mol. The summed E-state index contributed by atoms with van der Waals surface area (Å²) in [5, 5.41) is 10.8. The van der Waals surface area contributed by atoms with Gasteiger partial charge in [-0.3, -0.25) is 10.1 Å². The number of nitro groups is 1. The Kier molecular flexibility index (Phi) is 3.56. The lowest BCUT2D eigenvalue weighted by Gasteiger charge is -2.34. The number of halogens is 2. The minimum atomic E-state index is -3.88. The number of benzene rings is 1. The van der Waals surface area contributed by atoms with Crippen molar-refractivity contribution >= 4 is 21.7 Å². The van der Waals surface area contributed by atoms with Crippen LogP contribution in [0.2, 0.25) is 0 Å². The summed E-state index contributed by atoms with van der Waals surface area (Å²) in [6, 6.07) is 0.970. The lowest BCUT2D eigenvalue weighted by molar-refractivity contribution is -0.387. The summed E-state index contributed by atoms with van der Waals surface area (Å²) >= 11 is 0. The Bertz CT molecular complexity index is 796. The molecule has 1 atom stereocenters. The zero-order chi connectivity index (χ0) is 16.9. The van der Waals surface area contributed by atoms with Gasteiger partial charge < -0.3 is 5.73 Å². The van der Waals surface area contributed by atoms with Crippen LogP contribution in [-0.4, -0.2) is 36.4 Å². The molecule has 0 aliphatic carbocycles. The number of rotatable bonds is 2. The van der Waals surface area contributed by atoms with E-state index < -0.39 is 49.1 Å². The number of sulfonamides is 1. The molecule has 1 aliphatic heterocycles. The summed E-state index contributed by atoms with van der Waals surface area (Å²) in [5.41, 5.74) is 2.43. The fourth-order valence-electron chi connectivity index (χ4n) is 2.18.